The number of hydrogen-bond donors (Lipinski definition) is 2. The van der Waals surface area contributed by atoms with Crippen LogP contribution in [0.4, 0.5) is 0 Å². The third kappa shape index (κ3) is 11.7. The summed E-state index contributed by atoms with van der Waals surface area (Å²) >= 11 is 0. The molecule has 0 unspecified atom stereocenters. The lowest BCUT2D eigenvalue weighted by molar-refractivity contribution is 0.359. The van der Waals surface area contributed by atoms with E-state index in [9.17, 15) is 0 Å². The van der Waals surface area contributed by atoms with Crippen LogP contribution in [0, 0.1) is 0 Å². The van der Waals surface area contributed by atoms with Crippen molar-refractivity contribution in [2.75, 3.05) is 13.1 Å². The molecule has 8 heteroatoms. The number of pyridine rings is 2. The highest BCUT2D eigenvalue weighted by Crippen LogP contribution is 2.11. The summed E-state index contributed by atoms with van der Waals surface area (Å²) in [6.07, 6.45) is 8.43. The van der Waals surface area contributed by atoms with Crippen LogP contribution >= 0.6 is 0 Å². The minimum Gasteiger partial charge on any atom is -0.310 e. The Balaban J connectivity index is 1.72. The van der Waals surface area contributed by atoms with Crippen molar-refractivity contribution < 1.29 is 0 Å². The summed E-state index contributed by atoms with van der Waals surface area (Å²) in [5, 5.41) is 24.1. The van der Waals surface area contributed by atoms with Crippen LogP contribution in [0.2, 0.25) is 0 Å². The Morgan fingerprint density at radius 3 is 1.50 bits per heavy atom. The predicted molar refractivity (Wildman–Crippen MR) is 143 cm³/mol. The number of rotatable bonds is 13. The van der Waals surface area contributed by atoms with E-state index in [1.807, 2.05) is 50.2 Å². The third-order valence-corrected chi connectivity index (χ3v) is 4.94. The standard InChI is InChI=1S/C26H38N8/c1-21(33-31-19-23-11-7-9-13-27-23)17-25(3,4)29-15-16-30-26(5,6)18-22(2)34-32-20-24-12-8-10-14-28-24/h7-14,19-20,29-30H,15-18H2,1-6H3/b31-19+,32-20+,33-21+,34-22+. The van der Waals surface area contributed by atoms with Gasteiger partial charge in [0, 0.05) is 60.8 Å². The lowest BCUT2D eigenvalue weighted by atomic mass is 9.97. The molecule has 0 amide bonds. The molecule has 0 aliphatic heterocycles. The van der Waals surface area contributed by atoms with E-state index in [2.05, 4.69) is 68.7 Å². The van der Waals surface area contributed by atoms with Crippen LogP contribution in [0.25, 0.3) is 0 Å². The van der Waals surface area contributed by atoms with Crippen molar-refractivity contribution in [1.82, 2.24) is 20.6 Å². The Morgan fingerprint density at radius 2 is 1.15 bits per heavy atom. The molecule has 182 valence electrons. The van der Waals surface area contributed by atoms with Crippen LogP contribution in [0.1, 0.15) is 65.8 Å². The Hall–Kier alpha value is -3.10. The molecule has 0 aliphatic rings. The monoisotopic (exact) mass is 462 g/mol. The van der Waals surface area contributed by atoms with Gasteiger partial charge in [-0.05, 0) is 65.8 Å². The molecule has 2 aromatic rings. The largest absolute Gasteiger partial charge is 0.310 e. The summed E-state index contributed by atoms with van der Waals surface area (Å²) in [6, 6.07) is 11.4. The van der Waals surface area contributed by atoms with Crippen molar-refractivity contribution in [2.45, 2.75) is 65.5 Å². The molecule has 0 aliphatic carbocycles. The van der Waals surface area contributed by atoms with E-state index in [0.29, 0.717) is 0 Å². The summed E-state index contributed by atoms with van der Waals surface area (Å²) in [7, 11) is 0. The molecule has 0 saturated carbocycles. The number of nitrogens with one attached hydrogen (secondary N) is 2. The molecule has 0 spiro atoms. The van der Waals surface area contributed by atoms with Crippen LogP contribution in [-0.4, -0.2) is 58.0 Å². The first kappa shape index (κ1) is 27.1. The second-order valence-corrected chi connectivity index (χ2v) is 9.64. The van der Waals surface area contributed by atoms with E-state index in [4.69, 9.17) is 0 Å². The van der Waals surface area contributed by atoms with Gasteiger partial charge in [0.05, 0.1) is 23.8 Å². The van der Waals surface area contributed by atoms with Gasteiger partial charge in [-0.25, -0.2) is 0 Å². The highest BCUT2D eigenvalue weighted by Gasteiger charge is 2.20. The highest BCUT2D eigenvalue weighted by molar-refractivity contribution is 5.85. The van der Waals surface area contributed by atoms with E-state index in [0.717, 1.165) is 48.7 Å². The van der Waals surface area contributed by atoms with Crippen molar-refractivity contribution in [2.24, 2.45) is 20.4 Å². The maximum absolute atomic E-state index is 4.31. The van der Waals surface area contributed by atoms with Gasteiger partial charge in [-0.2, -0.15) is 20.4 Å². The summed E-state index contributed by atoms with van der Waals surface area (Å²) in [5.74, 6) is 0. The van der Waals surface area contributed by atoms with Crippen molar-refractivity contribution in [1.29, 1.82) is 0 Å². The summed E-state index contributed by atoms with van der Waals surface area (Å²) in [6.45, 7) is 14.4. The van der Waals surface area contributed by atoms with Gasteiger partial charge >= 0.3 is 0 Å². The number of nitrogens with zero attached hydrogens (tertiary/aromatic N) is 6. The van der Waals surface area contributed by atoms with E-state index in [1.165, 1.54) is 0 Å². The second-order valence-electron chi connectivity index (χ2n) is 9.64. The Morgan fingerprint density at radius 1 is 0.735 bits per heavy atom. The van der Waals surface area contributed by atoms with Gasteiger partial charge in [0.25, 0.3) is 0 Å². The zero-order valence-electron chi connectivity index (χ0n) is 21.3. The number of hydrogen-bond acceptors (Lipinski definition) is 8. The fourth-order valence-electron chi connectivity index (χ4n) is 3.55. The van der Waals surface area contributed by atoms with Gasteiger partial charge in [-0.1, -0.05) is 12.1 Å². The number of aromatic nitrogens is 2. The van der Waals surface area contributed by atoms with Crippen molar-refractivity contribution >= 4 is 23.9 Å². The fraction of sp³-hybridized carbons (Fsp3) is 0.462. The van der Waals surface area contributed by atoms with Crippen LogP contribution in [0.3, 0.4) is 0 Å². The zero-order valence-corrected chi connectivity index (χ0v) is 21.3. The van der Waals surface area contributed by atoms with Crippen molar-refractivity contribution in [3.8, 4) is 0 Å². The van der Waals surface area contributed by atoms with E-state index >= 15 is 0 Å². The minimum atomic E-state index is -0.0858. The fourth-order valence-corrected chi connectivity index (χ4v) is 3.55. The summed E-state index contributed by atoms with van der Waals surface area (Å²) < 4.78 is 0. The van der Waals surface area contributed by atoms with Crippen LogP contribution in [0.15, 0.2) is 69.2 Å². The zero-order chi connectivity index (χ0) is 24.9. The van der Waals surface area contributed by atoms with Gasteiger partial charge in [0.2, 0.25) is 0 Å². The average molecular weight is 463 g/mol. The molecule has 0 bridgehead atoms. The Kier molecular flexibility index (Phi) is 10.8. The lowest BCUT2D eigenvalue weighted by Crippen LogP contribution is -2.48. The van der Waals surface area contributed by atoms with Crippen LogP contribution in [-0.2, 0) is 0 Å². The van der Waals surface area contributed by atoms with Gasteiger partial charge < -0.3 is 10.6 Å². The average Bonchev–Trinajstić information content (AvgIpc) is 2.77. The van der Waals surface area contributed by atoms with Gasteiger partial charge in [-0.15, -0.1) is 0 Å². The lowest BCUT2D eigenvalue weighted by Gasteiger charge is -2.29. The maximum Gasteiger partial charge on any atom is 0.0831 e. The molecule has 0 aromatic carbocycles. The molecule has 0 atom stereocenters. The normalized spacial score (nSPS) is 13.8. The molecule has 8 nitrogen and oxygen atoms in total. The Labute approximate surface area is 203 Å². The van der Waals surface area contributed by atoms with Crippen LogP contribution < -0.4 is 10.6 Å². The quantitative estimate of drug-likeness (QED) is 0.264. The van der Waals surface area contributed by atoms with Gasteiger partial charge in [0.15, 0.2) is 0 Å². The van der Waals surface area contributed by atoms with E-state index in [-0.39, 0.29) is 11.1 Å². The topological polar surface area (TPSA) is 99.3 Å². The molecule has 34 heavy (non-hydrogen) atoms. The van der Waals surface area contributed by atoms with Gasteiger partial charge in [-0.3, -0.25) is 9.97 Å². The maximum atomic E-state index is 4.31. The molecule has 2 rings (SSSR count). The molecule has 2 aromatic heterocycles. The third-order valence-electron chi connectivity index (χ3n) is 4.94. The molecule has 2 N–H and O–H groups in total. The minimum absolute atomic E-state index is 0.0858. The molecule has 2 heterocycles. The van der Waals surface area contributed by atoms with Crippen molar-refractivity contribution in [3.05, 3.63) is 60.2 Å². The molecular formula is C26H38N8. The van der Waals surface area contributed by atoms with E-state index < -0.39 is 0 Å². The first-order valence-electron chi connectivity index (χ1n) is 11.6. The Bertz CT molecular complexity index is 895. The summed E-state index contributed by atoms with van der Waals surface area (Å²) in [5.41, 5.74) is 3.36. The molecular weight excluding hydrogens is 424 g/mol. The molecule has 0 fully saturated rings. The first-order valence-corrected chi connectivity index (χ1v) is 11.6. The highest BCUT2D eigenvalue weighted by atomic mass is 15.2. The first-order chi connectivity index (χ1) is 16.2. The SMILES string of the molecule is C/C(CC(C)(C)NCCNC(C)(C)C/C(C)=N/N=C/c1ccccn1)=N\N=C\c1ccccn1. The second kappa shape index (κ2) is 13.6. The van der Waals surface area contributed by atoms with Gasteiger partial charge in [0.1, 0.15) is 0 Å². The molecule has 0 saturated heterocycles. The van der Waals surface area contributed by atoms with E-state index in [1.54, 1.807) is 24.8 Å². The van der Waals surface area contributed by atoms with Crippen LogP contribution in [0.5, 0.6) is 0 Å². The predicted octanol–water partition coefficient (Wildman–Crippen LogP) is 4.28. The van der Waals surface area contributed by atoms with Crippen molar-refractivity contribution in [3.63, 3.8) is 0 Å². The molecule has 0 radical (unpaired) electrons. The summed E-state index contributed by atoms with van der Waals surface area (Å²) in [4.78, 5) is 8.42. The smallest absolute Gasteiger partial charge is 0.0831 e.